The number of fused-ring (bicyclic) bond motifs is 1. The SMILES string of the molecule is COC(=O)N1c2ccc(O[Si](C)(C)C(C)(C)C)cc2[C@@]23O[C@@]24[C@@H]1C#C/C=C\C#C[C@@H]3[C@@H](O)[C@@H](O)[C@@H]4C. The standard InChI is InChI=1S/C28H33NO6Si/c1-17-23(30)24(31)19-12-10-8-9-11-13-22-27(17)28(19,35-27)20-16-18(34-36(6,7)26(2,3)4)14-15-21(20)29(22)25(32)33-5/h8-9,14-17,19,22-24,30-31H,1-7H3/b9-8-/t17-,19+,22-,23-,24+,27-,28+/m0/s1. The number of allylic oxidation sites excluding steroid dienone is 2. The first-order chi connectivity index (χ1) is 16.8. The van der Waals surface area contributed by atoms with Crippen LogP contribution in [0.1, 0.15) is 33.3 Å². The fourth-order valence-electron chi connectivity index (χ4n) is 5.78. The largest absolute Gasteiger partial charge is 0.543 e. The van der Waals surface area contributed by atoms with E-state index in [2.05, 4.69) is 57.5 Å². The molecular formula is C28H33NO6Si. The minimum Gasteiger partial charge on any atom is -0.543 e. The minimum absolute atomic E-state index is 0.0171. The number of rotatable bonds is 2. The molecule has 1 saturated heterocycles. The molecule has 1 amide bonds. The summed E-state index contributed by atoms with van der Waals surface area (Å²) in [5.74, 6) is 11.6. The lowest BCUT2D eigenvalue weighted by atomic mass is 9.58. The second-order valence-electron chi connectivity index (χ2n) is 11.6. The summed E-state index contributed by atoms with van der Waals surface area (Å²) in [4.78, 5) is 14.7. The van der Waals surface area contributed by atoms with Crippen LogP contribution in [0.5, 0.6) is 5.75 Å². The van der Waals surface area contributed by atoms with Gasteiger partial charge in [-0.05, 0) is 48.5 Å². The van der Waals surface area contributed by atoms with E-state index in [9.17, 15) is 15.0 Å². The lowest BCUT2D eigenvalue weighted by Crippen LogP contribution is -2.65. The van der Waals surface area contributed by atoms with Crippen LogP contribution in [0.25, 0.3) is 0 Å². The molecule has 1 aromatic carbocycles. The Morgan fingerprint density at radius 1 is 1.14 bits per heavy atom. The predicted octanol–water partition coefficient (Wildman–Crippen LogP) is 3.55. The Hall–Kier alpha value is -2.75. The molecule has 2 aliphatic heterocycles. The Balaban J connectivity index is 1.78. The van der Waals surface area contributed by atoms with Crippen LogP contribution in [0, 0.1) is 35.5 Å². The van der Waals surface area contributed by atoms with Crippen molar-refractivity contribution in [2.45, 2.75) is 75.3 Å². The number of carbonyl (C=O) groups is 1. The number of aliphatic hydroxyl groups excluding tert-OH is 2. The van der Waals surface area contributed by atoms with Crippen molar-refractivity contribution in [3.63, 3.8) is 0 Å². The molecule has 2 fully saturated rings. The number of benzene rings is 1. The molecule has 2 N–H and O–H groups in total. The van der Waals surface area contributed by atoms with Crippen LogP contribution in [-0.4, -0.2) is 55.6 Å². The number of ether oxygens (including phenoxy) is 2. The van der Waals surface area contributed by atoms with E-state index >= 15 is 0 Å². The predicted molar refractivity (Wildman–Crippen MR) is 138 cm³/mol. The summed E-state index contributed by atoms with van der Waals surface area (Å²) in [5, 5.41) is 22.3. The minimum atomic E-state index is -2.17. The van der Waals surface area contributed by atoms with Gasteiger partial charge in [0.1, 0.15) is 23.0 Å². The number of nitrogens with zero attached hydrogens (tertiary/aromatic N) is 1. The van der Waals surface area contributed by atoms with E-state index < -0.39 is 55.7 Å². The van der Waals surface area contributed by atoms with Crippen molar-refractivity contribution >= 4 is 20.1 Å². The van der Waals surface area contributed by atoms with E-state index in [-0.39, 0.29) is 5.04 Å². The number of amides is 1. The van der Waals surface area contributed by atoms with Crippen molar-refractivity contribution in [1.29, 1.82) is 0 Å². The van der Waals surface area contributed by atoms with E-state index in [4.69, 9.17) is 13.9 Å². The van der Waals surface area contributed by atoms with Gasteiger partial charge in [0.2, 0.25) is 8.32 Å². The number of aliphatic hydroxyl groups is 2. The average Bonchev–Trinajstić information content (AvgIpc) is 3.53. The molecule has 0 radical (unpaired) electrons. The molecule has 4 aliphatic rings. The van der Waals surface area contributed by atoms with Gasteiger partial charge in [0.25, 0.3) is 0 Å². The van der Waals surface area contributed by atoms with Gasteiger partial charge in [-0.1, -0.05) is 51.4 Å². The number of epoxide rings is 1. The topological polar surface area (TPSA) is 91.8 Å². The number of anilines is 1. The smallest absolute Gasteiger partial charge is 0.415 e. The third-order valence-corrected chi connectivity index (χ3v) is 13.1. The van der Waals surface area contributed by atoms with Gasteiger partial charge in [0.15, 0.2) is 0 Å². The Labute approximate surface area is 213 Å². The summed E-state index contributed by atoms with van der Waals surface area (Å²) in [5.41, 5.74) is -0.900. The third kappa shape index (κ3) is 3.09. The van der Waals surface area contributed by atoms with Crippen molar-refractivity contribution in [3.8, 4) is 29.4 Å². The highest BCUT2D eigenvalue weighted by Gasteiger charge is 2.87. The molecule has 8 heteroatoms. The van der Waals surface area contributed by atoms with Gasteiger partial charge in [-0.15, -0.1) is 0 Å². The lowest BCUT2D eigenvalue weighted by molar-refractivity contribution is -0.0768. The van der Waals surface area contributed by atoms with Crippen LogP contribution < -0.4 is 9.33 Å². The summed E-state index contributed by atoms with van der Waals surface area (Å²) in [6.07, 6.45) is 0.381. The van der Waals surface area contributed by atoms with Gasteiger partial charge in [-0.3, -0.25) is 4.90 Å². The summed E-state index contributed by atoms with van der Waals surface area (Å²) in [6.45, 7) is 12.7. The van der Waals surface area contributed by atoms with Crippen molar-refractivity contribution in [2.24, 2.45) is 11.8 Å². The van der Waals surface area contributed by atoms with Crippen LogP contribution in [-0.2, 0) is 15.1 Å². The van der Waals surface area contributed by atoms with E-state index in [0.29, 0.717) is 17.0 Å². The Kier molecular flexibility index (Phi) is 5.45. The molecule has 0 aromatic heterocycles. The first-order valence-electron chi connectivity index (χ1n) is 12.3. The van der Waals surface area contributed by atoms with E-state index in [0.717, 1.165) is 0 Å². The zero-order valence-electron chi connectivity index (χ0n) is 21.7. The Morgan fingerprint density at radius 2 is 1.81 bits per heavy atom. The molecular weight excluding hydrogens is 474 g/mol. The highest BCUT2D eigenvalue weighted by Crippen LogP contribution is 2.73. The van der Waals surface area contributed by atoms with Gasteiger partial charge >= 0.3 is 6.09 Å². The molecule has 5 rings (SSSR count). The molecule has 2 aliphatic carbocycles. The van der Waals surface area contributed by atoms with Crippen LogP contribution in [0.2, 0.25) is 18.1 Å². The second-order valence-corrected chi connectivity index (χ2v) is 16.3. The molecule has 7 nitrogen and oxygen atoms in total. The Morgan fingerprint density at radius 3 is 2.44 bits per heavy atom. The molecule has 1 saturated carbocycles. The summed E-state index contributed by atoms with van der Waals surface area (Å²) >= 11 is 0. The number of hydrogen-bond donors (Lipinski definition) is 2. The summed E-state index contributed by atoms with van der Waals surface area (Å²) < 4.78 is 18.5. The van der Waals surface area contributed by atoms with Gasteiger partial charge in [0, 0.05) is 11.5 Å². The monoisotopic (exact) mass is 507 g/mol. The van der Waals surface area contributed by atoms with E-state index in [1.165, 1.54) is 12.0 Å². The molecule has 2 heterocycles. The number of methoxy groups -OCH3 is 1. The maximum atomic E-state index is 13.2. The van der Waals surface area contributed by atoms with Crippen LogP contribution in [0.4, 0.5) is 10.5 Å². The van der Waals surface area contributed by atoms with E-state index in [1.54, 1.807) is 12.2 Å². The zero-order valence-corrected chi connectivity index (χ0v) is 22.7. The Bertz CT molecular complexity index is 1280. The lowest BCUT2D eigenvalue weighted by Gasteiger charge is -2.49. The van der Waals surface area contributed by atoms with Gasteiger partial charge in [0.05, 0.1) is 30.9 Å². The fraction of sp³-hybridized carbons (Fsp3) is 0.536. The highest BCUT2D eigenvalue weighted by atomic mass is 28.4. The normalized spacial score (nSPS) is 36.6. The van der Waals surface area contributed by atoms with Crippen LogP contribution >= 0.6 is 0 Å². The van der Waals surface area contributed by atoms with Crippen molar-refractivity contribution in [3.05, 3.63) is 35.9 Å². The zero-order chi connectivity index (χ0) is 26.3. The molecule has 4 bridgehead atoms. The molecule has 0 spiro atoms. The summed E-state index contributed by atoms with van der Waals surface area (Å²) in [6, 6.07) is 4.84. The average molecular weight is 508 g/mol. The maximum Gasteiger partial charge on any atom is 0.415 e. The first-order valence-corrected chi connectivity index (χ1v) is 15.2. The molecule has 36 heavy (non-hydrogen) atoms. The molecule has 0 unspecified atom stereocenters. The second kappa shape index (κ2) is 7.87. The van der Waals surface area contributed by atoms with Crippen molar-refractivity contribution in [1.82, 2.24) is 0 Å². The maximum absolute atomic E-state index is 13.2. The van der Waals surface area contributed by atoms with Crippen molar-refractivity contribution in [2.75, 3.05) is 12.0 Å². The quantitative estimate of drug-likeness (QED) is 0.361. The molecule has 7 atom stereocenters. The highest BCUT2D eigenvalue weighted by molar-refractivity contribution is 6.74. The van der Waals surface area contributed by atoms with Gasteiger partial charge in [-0.2, -0.15) is 0 Å². The van der Waals surface area contributed by atoms with E-state index in [1.807, 2.05) is 25.1 Å². The van der Waals surface area contributed by atoms with Crippen LogP contribution in [0.3, 0.4) is 0 Å². The fourth-order valence-corrected chi connectivity index (χ4v) is 6.80. The van der Waals surface area contributed by atoms with Crippen LogP contribution in [0.15, 0.2) is 30.4 Å². The number of carbonyl (C=O) groups excluding carboxylic acids is 1. The van der Waals surface area contributed by atoms with Crippen molar-refractivity contribution < 1.29 is 28.9 Å². The summed E-state index contributed by atoms with van der Waals surface area (Å²) in [7, 11) is -0.846. The molecule has 190 valence electrons. The number of hydrogen-bond acceptors (Lipinski definition) is 6. The first kappa shape index (κ1) is 24.9. The molecule has 1 aromatic rings. The third-order valence-electron chi connectivity index (χ3n) is 8.74. The van der Waals surface area contributed by atoms with Gasteiger partial charge in [-0.25, -0.2) is 4.79 Å². The van der Waals surface area contributed by atoms with Gasteiger partial charge < -0.3 is 24.1 Å².